The molecule has 2 aliphatic rings. The zero-order valence-electron chi connectivity index (χ0n) is 14.1. The van der Waals surface area contributed by atoms with E-state index in [0.29, 0.717) is 0 Å². The fourth-order valence-corrected chi connectivity index (χ4v) is 4.22. The Kier molecular flexibility index (Phi) is 5.54. The van der Waals surface area contributed by atoms with E-state index in [1.807, 2.05) is 0 Å². The van der Waals surface area contributed by atoms with Crippen molar-refractivity contribution in [1.29, 1.82) is 0 Å². The first-order valence-electron chi connectivity index (χ1n) is 9.17. The van der Waals surface area contributed by atoms with Crippen molar-refractivity contribution in [3.8, 4) is 0 Å². The molecule has 0 spiro atoms. The van der Waals surface area contributed by atoms with E-state index in [1.165, 1.54) is 49.7 Å². The molecule has 0 radical (unpaired) electrons. The summed E-state index contributed by atoms with van der Waals surface area (Å²) in [6.45, 7) is 5.99. The molecule has 1 aromatic rings. The molecule has 3 rings (SSSR count). The summed E-state index contributed by atoms with van der Waals surface area (Å²) in [5.41, 5.74) is 4.19. The molecule has 2 fully saturated rings. The molecule has 1 aliphatic heterocycles. The lowest BCUT2D eigenvalue weighted by atomic mass is 9.76. The van der Waals surface area contributed by atoms with Crippen molar-refractivity contribution < 1.29 is 9.47 Å². The zero-order valence-corrected chi connectivity index (χ0v) is 14.1. The minimum Gasteiger partial charge on any atom is -0.346 e. The molecule has 0 aromatic heterocycles. The van der Waals surface area contributed by atoms with Gasteiger partial charge in [-0.1, -0.05) is 57.7 Å². The van der Waals surface area contributed by atoms with Gasteiger partial charge in [-0.25, -0.2) is 0 Å². The van der Waals surface area contributed by atoms with Gasteiger partial charge in [0.05, 0.1) is 13.2 Å². The van der Waals surface area contributed by atoms with Crippen LogP contribution < -0.4 is 0 Å². The van der Waals surface area contributed by atoms with Crippen LogP contribution in [0.15, 0.2) is 18.2 Å². The molecule has 22 heavy (non-hydrogen) atoms. The van der Waals surface area contributed by atoms with Crippen LogP contribution in [0.2, 0.25) is 0 Å². The van der Waals surface area contributed by atoms with Gasteiger partial charge < -0.3 is 9.47 Å². The van der Waals surface area contributed by atoms with Crippen LogP contribution in [0, 0.1) is 5.92 Å². The highest BCUT2D eigenvalue weighted by Gasteiger charge is 2.25. The Morgan fingerprint density at radius 2 is 1.91 bits per heavy atom. The number of hydrogen-bond acceptors (Lipinski definition) is 2. The van der Waals surface area contributed by atoms with Crippen molar-refractivity contribution >= 4 is 0 Å². The average molecular weight is 302 g/mol. The van der Waals surface area contributed by atoms with Gasteiger partial charge >= 0.3 is 0 Å². The lowest BCUT2D eigenvalue weighted by Crippen LogP contribution is -2.15. The van der Waals surface area contributed by atoms with E-state index in [4.69, 9.17) is 9.47 Å². The first-order valence-corrected chi connectivity index (χ1v) is 9.17. The SMILES string of the molecule is CCCC1CCCC(c2ccc(C3OCCO3)c(CC)c2)C1. The summed E-state index contributed by atoms with van der Waals surface area (Å²) in [6.07, 6.45) is 9.22. The normalized spacial score (nSPS) is 26.5. The molecule has 1 aromatic carbocycles. The minimum atomic E-state index is -0.136. The number of rotatable bonds is 5. The standard InChI is InChI=1S/C20H30O2/c1-3-6-15-7-5-8-17(13-15)18-9-10-19(16(4-2)14-18)20-21-11-12-22-20/h9-10,14-15,17,20H,3-8,11-13H2,1-2H3. The third-order valence-electron chi connectivity index (χ3n) is 5.37. The van der Waals surface area contributed by atoms with Crippen molar-refractivity contribution in [1.82, 2.24) is 0 Å². The lowest BCUT2D eigenvalue weighted by Gasteiger charge is -2.30. The van der Waals surface area contributed by atoms with Crippen molar-refractivity contribution in [3.63, 3.8) is 0 Å². The Morgan fingerprint density at radius 3 is 2.64 bits per heavy atom. The molecule has 2 nitrogen and oxygen atoms in total. The van der Waals surface area contributed by atoms with E-state index in [2.05, 4.69) is 32.0 Å². The maximum absolute atomic E-state index is 5.69. The van der Waals surface area contributed by atoms with Crippen LogP contribution in [0.3, 0.4) is 0 Å². The molecule has 0 amide bonds. The first-order chi connectivity index (χ1) is 10.8. The van der Waals surface area contributed by atoms with Crippen molar-refractivity contribution in [2.75, 3.05) is 13.2 Å². The molecule has 1 heterocycles. The van der Waals surface area contributed by atoms with E-state index in [0.717, 1.165) is 31.5 Å². The molecule has 0 N–H and O–H groups in total. The summed E-state index contributed by atoms with van der Waals surface area (Å²) in [7, 11) is 0. The fourth-order valence-electron chi connectivity index (χ4n) is 4.22. The molecule has 1 saturated carbocycles. The van der Waals surface area contributed by atoms with E-state index in [9.17, 15) is 0 Å². The number of hydrogen-bond donors (Lipinski definition) is 0. The van der Waals surface area contributed by atoms with Gasteiger partial charge in [-0.15, -0.1) is 0 Å². The lowest BCUT2D eigenvalue weighted by molar-refractivity contribution is -0.0447. The molecule has 2 atom stereocenters. The summed E-state index contributed by atoms with van der Waals surface area (Å²) in [6, 6.07) is 7.02. The number of aryl methyl sites for hydroxylation is 1. The Hall–Kier alpha value is -0.860. The van der Waals surface area contributed by atoms with Gasteiger partial charge in [0.1, 0.15) is 0 Å². The Balaban J connectivity index is 1.76. The first kappa shape index (κ1) is 16.0. The Bertz CT molecular complexity index is 475. The van der Waals surface area contributed by atoms with Crippen molar-refractivity contribution in [3.05, 3.63) is 34.9 Å². The fraction of sp³-hybridized carbons (Fsp3) is 0.700. The molecule has 2 unspecified atom stereocenters. The second kappa shape index (κ2) is 7.61. The average Bonchev–Trinajstić information content (AvgIpc) is 3.09. The predicted octanol–water partition coefficient (Wildman–Crippen LogP) is 5.37. The molecule has 1 saturated heterocycles. The molecular weight excluding hydrogens is 272 g/mol. The zero-order chi connectivity index (χ0) is 15.4. The van der Waals surface area contributed by atoms with Gasteiger partial charge in [-0.3, -0.25) is 0 Å². The van der Waals surface area contributed by atoms with E-state index >= 15 is 0 Å². The second-order valence-corrected chi connectivity index (χ2v) is 6.90. The van der Waals surface area contributed by atoms with Gasteiger partial charge in [0.15, 0.2) is 6.29 Å². The Labute approximate surface area is 135 Å². The van der Waals surface area contributed by atoms with Crippen molar-refractivity contribution in [2.24, 2.45) is 5.92 Å². The molecule has 1 aliphatic carbocycles. The van der Waals surface area contributed by atoms with Crippen LogP contribution in [0.5, 0.6) is 0 Å². The van der Waals surface area contributed by atoms with Gasteiger partial charge in [0.2, 0.25) is 0 Å². The maximum Gasteiger partial charge on any atom is 0.184 e. The summed E-state index contributed by atoms with van der Waals surface area (Å²) in [4.78, 5) is 0. The van der Waals surface area contributed by atoms with Gasteiger partial charge in [0.25, 0.3) is 0 Å². The third kappa shape index (κ3) is 3.55. The van der Waals surface area contributed by atoms with E-state index < -0.39 is 0 Å². The van der Waals surface area contributed by atoms with Crippen LogP contribution in [0.25, 0.3) is 0 Å². The minimum absolute atomic E-state index is 0.136. The largest absolute Gasteiger partial charge is 0.346 e. The van der Waals surface area contributed by atoms with Crippen LogP contribution in [-0.4, -0.2) is 13.2 Å². The molecule has 122 valence electrons. The van der Waals surface area contributed by atoms with E-state index in [-0.39, 0.29) is 6.29 Å². The van der Waals surface area contributed by atoms with Crippen LogP contribution in [0.1, 0.15) is 81.3 Å². The summed E-state index contributed by atoms with van der Waals surface area (Å²) < 4.78 is 11.4. The monoisotopic (exact) mass is 302 g/mol. The predicted molar refractivity (Wildman–Crippen MR) is 90.1 cm³/mol. The topological polar surface area (TPSA) is 18.5 Å². The van der Waals surface area contributed by atoms with Gasteiger partial charge in [0, 0.05) is 5.56 Å². The summed E-state index contributed by atoms with van der Waals surface area (Å²) in [5.74, 6) is 1.70. The summed E-state index contributed by atoms with van der Waals surface area (Å²) >= 11 is 0. The number of ether oxygens (including phenoxy) is 2. The summed E-state index contributed by atoms with van der Waals surface area (Å²) in [5, 5.41) is 0. The molecular formula is C20H30O2. The third-order valence-corrected chi connectivity index (χ3v) is 5.37. The van der Waals surface area contributed by atoms with Gasteiger partial charge in [-0.05, 0) is 42.2 Å². The highest BCUT2D eigenvalue weighted by atomic mass is 16.7. The number of benzene rings is 1. The van der Waals surface area contributed by atoms with Gasteiger partial charge in [-0.2, -0.15) is 0 Å². The van der Waals surface area contributed by atoms with Crippen molar-refractivity contribution in [2.45, 2.75) is 71.0 Å². The Morgan fingerprint density at radius 1 is 1.09 bits per heavy atom. The molecule has 2 heteroatoms. The quantitative estimate of drug-likeness (QED) is 0.728. The van der Waals surface area contributed by atoms with Crippen LogP contribution in [0.4, 0.5) is 0 Å². The highest BCUT2D eigenvalue weighted by molar-refractivity contribution is 5.35. The van der Waals surface area contributed by atoms with E-state index in [1.54, 1.807) is 5.56 Å². The highest BCUT2D eigenvalue weighted by Crippen LogP contribution is 2.39. The maximum atomic E-state index is 5.69. The second-order valence-electron chi connectivity index (χ2n) is 6.90. The smallest absolute Gasteiger partial charge is 0.184 e. The van der Waals surface area contributed by atoms with Crippen LogP contribution >= 0.6 is 0 Å². The van der Waals surface area contributed by atoms with Crippen LogP contribution in [-0.2, 0) is 15.9 Å². The molecule has 0 bridgehead atoms.